The van der Waals surface area contributed by atoms with E-state index >= 15 is 0 Å². The van der Waals surface area contributed by atoms with Crippen molar-refractivity contribution in [3.05, 3.63) is 93.0 Å². The average Bonchev–Trinajstić information content (AvgIpc) is 3.17. The fourth-order valence-electron chi connectivity index (χ4n) is 3.72. The zero-order chi connectivity index (χ0) is 22.9. The van der Waals surface area contributed by atoms with Crippen LogP contribution >= 0.6 is 0 Å². The highest BCUT2D eigenvalue weighted by molar-refractivity contribution is 7.92. The Kier molecular flexibility index (Phi) is 5.67. The van der Waals surface area contributed by atoms with E-state index in [2.05, 4.69) is 15.2 Å². The lowest BCUT2D eigenvalue weighted by molar-refractivity contribution is -0.385. The number of nitrogens with zero attached hydrogens (tertiary/aromatic N) is 2. The Balaban J connectivity index is 1.71. The maximum Gasteiger partial charge on any atom is 0.270 e. The number of aryl methyl sites for hydroxylation is 3. The second kappa shape index (κ2) is 8.43. The summed E-state index contributed by atoms with van der Waals surface area (Å²) < 4.78 is 29.0. The molecule has 0 aromatic heterocycles. The van der Waals surface area contributed by atoms with Crippen LogP contribution in [0, 0.1) is 24.0 Å². The quantitative estimate of drug-likeness (QED) is 0.415. The molecule has 3 aromatic rings. The zero-order valence-electron chi connectivity index (χ0n) is 17.6. The molecule has 1 aliphatic rings. The van der Waals surface area contributed by atoms with Crippen LogP contribution in [0.25, 0.3) is 0 Å². The van der Waals surface area contributed by atoms with E-state index in [1.807, 2.05) is 37.3 Å². The van der Waals surface area contributed by atoms with Crippen molar-refractivity contribution in [3.63, 3.8) is 0 Å². The van der Waals surface area contributed by atoms with E-state index in [1.165, 1.54) is 17.7 Å². The molecule has 4 rings (SSSR count). The summed E-state index contributed by atoms with van der Waals surface area (Å²) in [5.74, 6) is 0. The Morgan fingerprint density at radius 1 is 0.969 bits per heavy atom. The number of non-ortho nitro benzene ring substituents is 1. The Morgan fingerprint density at radius 2 is 1.72 bits per heavy atom. The summed E-state index contributed by atoms with van der Waals surface area (Å²) in [5, 5.41) is 15.7. The molecule has 2 N–H and O–H groups in total. The van der Waals surface area contributed by atoms with Gasteiger partial charge in [0.15, 0.2) is 0 Å². The molecule has 0 saturated heterocycles. The van der Waals surface area contributed by atoms with Crippen molar-refractivity contribution < 1.29 is 13.3 Å². The van der Waals surface area contributed by atoms with Crippen LogP contribution in [-0.4, -0.2) is 19.1 Å². The van der Waals surface area contributed by atoms with Gasteiger partial charge in [0.2, 0.25) is 0 Å². The van der Waals surface area contributed by atoms with Crippen LogP contribution in [0.3, 0.4) is 0 Å². The van der Waals surface area contributed by atoms with Crippen molar-refractivity contribution in [1.29, 1.82) is 0 Å². The summed E-state index contributed by atoms with van der Waals surface area (Å²) in [6.45, 7) is 3.70. The van der Waals surface area contributed by atoms with Gasteiger partial charge in [-0.25, -0.2) is 8.42 Å². The Hall–Kier alpha value is -3.72. The van der Waals surface area contributed by atoms with Crippen LogP contribution in [-0.2, 0) is 16.4 Å². The van der Waals surface area contributed by atoms with E-state index in [4.69, 9.17) is 0 Å². The molecular formula is C23H22N4O4S. The van der Waals surface area contributed by atoms with Crippen LogP contribution in [0.4, 0.5) is 17.1 Å². The molecule has 9 heteroatoms. The van der Waals surface area contributed by atoms with Gasteiger partial charge in [0.05, 0.1) is 22.0 Å². The minimum Gasteiger partial charge on any atom is -0.279 e. The molecule has 0 aliphatic heterocycles. The monoisotopic (exact) mass is 450 g/mol. The average molecular weight is 451 g/mol. The van der Waals surface area contributed by atoms with Gasteiger partial charge in [-0.15, -0.1) is 0 Å². The zero-order valence-corrected chi connectivity index (χ0v) is 18.4. The van der Waals surface area contributed by atoms with E-state index < -0.39 is 14.9 Å². The maximum absolute atomic E-state index is 13.2. The minimum absolute atomic E-state index is 0.157. The number of nitro groups is 1. The first-order valence-electron chi connectivity index (χ1n) is 10.0. The second-order valence-electron chi connectivity index (χ2n) is 7.69. The molecule has 0 saturated carbocycles. The second-order valence-corrected chi connectivity index (χ2v) is 9.34. The van der Waals surface area contributed by atoms with Crippen LogP contribution in [0.5, 0.6) is 0 Å². The summed E-state index contributed by atoms with van der Waals surface area (Å²) in [5.41, 5.74) is 7.81. The van der Waals surface area contributed by atoms with Crippen molar-refractivity contribution in [2.45, 2.75) is 31.6 Å². The van der Waals surface area contributed by atoms with E-state index in [1.54, 1.807) is 19.1 Å². The highest BCUT2D eigenvalue weighted by Gasteiger charge is 2.24. The van der Waals surface area contributed by atoms with E-state index in [0.717, 1.165) is 41.3 Å². The van der Waals surface area contributed by atoms with Gasteiger partial charge in [0.25, 0.3) is 15.7 Å². The fourth-order valence-corrected chi connectivity index (χ4v) is 5.03. The molecular weight excluding hydrogens is 428 g/mol. The number of hydrogen-bond donors (Lipinski definition) is 2. The van der Waals surface area contributed by atoms with Gasteiger partial charge in [0.1, 0.15) is 4.90 Å². The lowest BCUT2D eigenvalue weighted by atomic mass is 10.1. The van der Waals surface area contributed by atoms with Gasteiger partial charge < -0.3 is 0 Å². The molecule has 32 heavy (non-hydrogen) atoms. The standard InChI is InChI=1S/C23H22N4O4S/c1-15-7-10-20(16(2)13-15)26-32(30,31)23-14-18(27(28)29)9-12-22(23)25-24-21-11-8-17-5-3-4-6-19(17)21/h3-7,9-10,12-14,25-26H,8,11H2,1-2H3/b24-21-. The molecule has 0 fully saturated rings. The summed E-state index contributed by atoms with van der Waals surface area (Å²) >= 11 is 0. The molecule has 164 valence electrons. The van der Waals surface area contributed by atoms with Gasteiger partial charge in [0, 0.05) is 17.7 Å². The molecule has 3 aromatic carbocycles. The normalized spacial score (nSPS) is 14.2. The summed E-state index contributed by atoms with van der Waals surface area (Å²) in [4.78, 5) is 10.4. The Morgan fingerprint density at radius 3 is 2.47 bits per heavy atom. The van der Waals surface area contributed by atoms with Crippen LogP contribution in [0.1, 0.15) is 28.7 Å². The van der Waals surface area contributed by atoms with Crippen molar-refractivity contribution >= 4 is 32.8 Å². The van der Waals surface area contributed by atoms with Crippen LogP contribution in [0.2, 0.25) is 0 Å². The Labute approximate surface area is 186 Å². The largest absolute Gasteiger partial charge is 0.279 e. The van der Waals surface area contributed by atoms with Gasteiger partial charge >= 0.3 is 0 Å². The van der Waals surface area contributed by atoms with Crippen LogP contribution < -0.4 is 10.1 Å². The Bertz CT molecular complexity index is 1350. The molecule has 0 spiro atoms. The minimum atomic E-state index is -4.13. The lowest BCUT2D eigenvalue weighted by Gasteiger charge is -2.14. The SMILES string of the molecule is Cc1ccc(NS(=O)(=O)c2cc([N+](=O)[O-])ccc2N/N=C2/CCc3ccccc32)c(C)c1. The predicted molar refractivity (Wildman–Crippen MR) is 125 cm³/mol. The van der Waals surface area contributed by atoms with E-state index in [0.29, 0.717) is 5.69 Å². The first-order valence-corrected chi connectivity index (χ1v) is 11.5. The molecule has 0 radical (unpaired) electrons. The smallest absolute Gasteiger partial charge is 0.270 e. The summed E-state index contributed by atoms with van der Waals surface area (Å²) in [7, 11) is -4.13. The summed E-state index contributed by atoms with van der Waals surface area (Å²) in [6.07, 6.45) is 1.58. The third-order valence-electron chi connectivity index (χ3n) is 5.36. The fraction of sp³-hybridized carbons (Fsp3) is 0.174. The molecule has 0 atom stereocenters. The van der Waals surface area contributed by atoms with Gasteiger partial charge in [-0.2, -0.15) is 5.10 Å². The van der Waals surface area contributed by atoms with Gasteiger partial charge in [-0.3, -0.25) is 20.3 Å². The van der Waals surface area contributed by atoms with Crippen LogP contribution in [0.15, 0.2) is 70.7 Å². The first-order chi connectivity index (χ1) is 15.2. The van der Waals surface area contributed by atoms with E-state index in [9.17, 15) is 18.5 Å². The topological polar surface area (TPSA) is 114 Å². The number of sulfonamides is 1. The third-order valence-corrected chi connectivity index (χ3v) is 6.77. The van der Waals surface area contributed by atoms with Gasteiger partial charge in [-0.1, -0.05) is 42.0 Å². The van der Waals surface area contributed by atoms with Crippen molar-refractivity contribution in [2.24, 2.45) is 5.10 Å². The number of nitro benzene ring substituents is 1. The lowest BCUT2D eigenvalue weighted by Crippen LogP contribution is -2.16. The number of nitrogens with one attached hydrogen (secondary N) is 2. The predicted octanol–water partition coefficient (Wildman–Crippen LogP) is 4.77. The van der Waals surface area contributed by atoms with Crippen molar-refractivity contribution in [1.82, 2.24) is 0 Å². The summed E-state index contributed by atoms with van der Waals surface area (Å²) in [6, 6.07) is 16.9. The number of fused-ring (bicyclic) bond motifs is 1. The number of anilines is 2. The highest BCUT2D eigenvalue weighted by atomic mass is 32.2. The third kappa shape index (κ3) is 4.33. The van der Waals surface area contributed by atoms with Gasteiger partial charge in [-0.05, 0) is 49.9 Å². The molecule has 0 heterocycles. The highest BCUT2D eigenvalue weighted by Crippen LogP contribution is 2.30. The number of hydrazone groups is 1. The number of benzene rings is 3. The maximum atomic E-state index is 13.2. The van der Waals surface area contributed by atoms with Crippen molar-refractivity contribution in [2.75, 3.05) is 10.1 Å². The van der Waals surface area contributed by atoms with E-state index in [-0.39, 0.29) is 16.3 Å². The van der Waals surface area contributed by atoms with Crippen molar-refractivity contribution in [3.8, 4) is 0 Å². The molecule has 0 bridgehead atoms. The molecule has 0 amide bonds. The molecule has 8 nitrogen and oxygen atoms in total. The number of rotatable bonds is 6. The molecule has 1 aliphatic carbocycles. The molecule has 0 unspecified atom stereocenters. The number of hydrogen-bond acceptors (Lipinski definition) is 6. The first kappa shape index (κ1) is 21.5.